The van der Waals surface area contributed by atoms with Crippen molar-refractivity contribution in [3.8, 4) is 0 Å². The molecule has 0 aromatic heterocycles. The largest absolute Gasteiger partial charge is 0.448 e. The predicted molar refractivity (Wildman–Crippen MR) is 27.2 cm³/mol. The van der Waals surface area contributed by atoms with Gasteiger partial charge in [0.2, 0.25) is 0 Å². The van der Waals surface area contributed by atoms with Crippen molar-refractivity contribution in [2.45, 2.75) is 12.8 Å². The number of carbonyl (C=O) groups excluding carboxylic acids is 1. The second kappa shape index (κ2) is 2.03. The number of nitrogens with one attached hydrogen (secondary N) is 1. The molecule has 1 fully saturated rings. The Bertz CT molecular complexity index is 98.6. The molecule has 3 nitrogen and oxygen atoms in total. The maximum Gasteiger partial charge on any atom is 0.426 e. The van der Waals surface area contributed by atoms with Gasteiger partial charge in [-0.3, -0.25) is 0 Å². The molecule has 1 radical (unpaired) electrons. The minimum Gasteiger partial charge on any atom is -0.448 e. The van der Waals surface area contributed by atoms with Gasteiger partial charge >= 0.3 is 6.09 Å². The van der Waals surface area contributed by atoms with Crippen molar-refractivity contribution in [3.63, 3.8) is 0 Å². The molecule has 1 aliphatic rings. The fourth-order valence-electron chi connectivity index (χ4n) is 0.478. The number of hydrogen-bond acceptors (Lipinski definition) is 2. The first-order valence-corrected chi connectivity index (χ1v) is 2.67. The van der Waals surface area contributed by atoms with Crippen LogP contribution in [0, 0.1) is 5.92 Å². The highest BCUT2D eigenvalue weighted by atomic mass is 16.5. The van der Waals surface area contributed by atoms with Crippen LogP contribution in [0.2, 0.25) is 0 Å². The molecule has 0 spiro atoms. The minimum absolute atomic E-state index is 0.461. The maximum absolute atomic E-state index is 9.82. The van der Waals surface area contributed by atoms with Crippen molar-refractivity contribution in [1.29, 1.82) is 0 Å². The molecule has 1 aliphatic carbocycles. The molecular weight excluding hydrogens is 106 g/mol. The molecule has 0 bridgehead atoms. The Morgan fingerprint density at radius 3 is 2.75 bits per heavy atom. The fourth-order valence-corrected chi connectivity index (χ4v) is 0.478. The Labute approximate surface area is 47.8 Å². The van der Waals surface area contributed by atoms with E-state index in [1.807, 2.05) is 0 Å². The number of carbonyl (C=O) groups is 1. The number of hydrogen-bond donors (Lipinski definition) is 0. The average Bonchev–Trinajstić information content (AvgIpc) is 2.41. The molecule has 1 rings (SSSR count). The second-order valence-electron chi connectivity index (χ2n) is 2.04. The van der Waals surface area contributed by atoms with E-state index in [1.54, 1.807) is 0 Å². The lowest BCUT2D eigenvalue weighted by Crippen LogP contribution is -2.04. The van der Waals surface area contributed by atoms with Crippen LogP contribution in [-0.2, 0) is 4.74 Å². The molecule has 1 amide bonds. The molecule has 0 atom stereocenters. The van der Waals surface area contributed by atoms with E-state index in [0.29, 0.717) is 12.5 Å². The summed E-state index contributed by atoms with van der Waals surface area (Å²) in [6.07, 6.45) is 1.41. The van der Waals surface area contributed by atoms with Crippen LogP contribution >= 0.6 is 0 Å². The molecule has 0 aromatic carbocycles. The van der Waals surface area contributed by atoms with E-state index < -0.39 is 6.09 Å². The normalized spacial score (nSPS) is 18.0. The summed E-state index contributed by atoms with van der Waals surface area (Å²) in [7, 11) is 0. The second-order valence-corrected chi connectivity index (χ2v) is 2.04. The summed E-state index contributed by atoms with van der Waals surface area (Å²) in [5.74, 6) is 0.573. The minimum atomic E-state index is -0.906. The molecule has 8 heavy (non-hydrogen) atoms. The van der Waals surface area contributed by atoms with Crippen molar-refractivity contribution >= 4 is 6.09 Å². The highest BCUT2D eigenvalue weighted by Gasteiger charge is 2.22. The van der Waals surface area contributed by atoms with Crippen molar-refractivity contribution < 1.29 is 9.53 Å². The standard InChI is InChI=1S/C5H8NO2/c6-5(7)8-3-4-1-2-4/h4,6H,1-3H2. The van der Waals surface area contributed by atoms with Gasteiger partial charge in [0, 0.05) is 0 Å². The third-order valence-corrected chi connectivity index (χ3v) is 1.15. The predicted octanol–water partition coefficient (Wildman–Crippen LogP) is 0.816. The molecule has 45 valence electrons. The van der Waals surface area contributed by atoms with Crippen LogP contribution in [0.25, 0.3) is 0 Å². The van der Waals surface area contributed by atoms with E-state index in [-0.39, 0.29) is 0 Å². The third-order valence-electron chi connectivity index (χ3n) is 1.15. The van der Waals surface area contributed by atoms with Gasteiger partial charge in [0.1, 0.15) is 0 Å². The molecule has 1 saturated carbocycles. The molecule has 0 aromatic rings. The van der Waals surface area contributed by atoms with Gasteiger partial charge in [0.15, 0.2) is 0 Å². The smallest absolute Gasteiger partial charge is 0.426 e. The van der Waals surface area contributed by atoms with E-state index in [4.69, 9.17) is 5.73 Å². The van der Waals surface area contributed by atoms with E-state index in [9.17, 15) is 4.79 Å². The zero-order valence-corrected chi connectivity index (χ0v) is 4.52. The van der Waals surface area contributed by atoms with E-state index in [0.717, 1.165) is 12.8 Å². The van der Waals surface area contributed by atoms with Crippen LogP contribution in [-0.4, -0.2) is 12.7 Å². The molecule has 0 unspecified atom stereocenters. The Kier molecular flexibility index (Phi) is 1.37. The zero-order chi connectivity index (χ0) is 5.98. The van der Waals surface area contributed by atoms with E-state index in [2.05, 4.69) is 4.74 Å². The van der Waals surface area contributed by atoms with Gasteiger partial charge in [-0.15, -0.1) is 0 Å². The third kappa shape index (κ3) is 1.82. The lowest BCUT2D eigenvalue weighted by molar-refractivity contribution is 0.150. The maximum atomic E-state index is 9.82. The number of rotatable bonds is 2. The summed E-state index contributed by atoms with van der Waals surface area (Å²) in [4.78, 5) is 9.82. The monoisotopic (exact) mass is 114 g/mol. The average molecular weight is 114 g/mol. The fraction of sp³-hybridized carbons (Fsp3) is 0.800. The summed E-state index contributed by atoms with van der Waals surface area (Å²) >= 11 is 0. The van der Waals surface area contributed by atoms with Gasteiger partial charge < -0.3 is 4.74 Å². The first-order chi connectivity index (χ1) is 3.79. The lowest BCUT2D eigenvalue weighted by atomic mass is 10.5. The van der Waals surface area contributed by atoms with Crippen molar-refractivity contribution in [2.75, 3.05) is 6.61 Å². The quantitative estimate of drug-likeness (QED) is 0.533. The van der Waals surface area contributed by atoms with E-state index in [1.165, 1.54) is 0 Å². The van der Waals surface area contributed by atoms with Gasteiger partial charge in [-0.25, -0.2) is 10.5 Å². The Morgan fingerprint density at radius 1 is 1.75 bits per heavy atom. The summed E-state index contributed by atoms with van der Waals surface area (Å²) in [6.45, 7) is 0.461. The van der Waals surface area contributed by atoms with Crippen LogP contribution in [0.1, 0.15) is 12.8 Å². The van der Waals surface area contributed by atoms with Gasteiger partial charge in [0.25, 0.3) is 0 Å². The molecule has 1 N–H and O–H groups in total. The molecule has 0 saturated heterocycles. The van der Waals surface area contributed by atoms with Crippen molar-refractivity contribution in [2.24, 2.45) is 5.92 Å². The lowest BCUT2D eigenvalue weighted by Gasteiger charge is -1.94. The molecule has 0 aliphatic heterocycles. The first kappa shape index (κ1) is 5.41. The van der Waals surface area contributed by atoms with Crippen molar-refractivity contribution in [3.05, 3.63) is 0 Å². The Balaban J connectivity index is 1.95. The number of amides is 1. The summed E-state index contributed by atoms with van der Waals surface area (Å²) in [5.41, 5.74) is 6.34. The van der Waals surface area contributed by atoms with Crippen LogP contribution in [0.4, 0.5) is 4.79 Å². The SMILES string of the molecule is [NH]C(=O)OCC1CC1. The Hall–Kier alpha value is -0.730. The van der Waals surface area contributed by atoms with Gasteiger partial charge in [0.05, 0.1) is 6.61 Å². The van der Waals surface area contributed by atoms with Crippen LogP contribution < -0.4 is 5.73 Å². The Morgan fingerprint density at radius 2 is 2.38 bits per heavy atom. The van der Waals surface area contributed by atoms with E-state index >= 15 is 0 Å². The molecular formula is C5H8NO2. The number of ether oxygens (including phenoxy) is 1. The molecule has 0 heterocycles. The summed E-state index contributed by atoms with van der Waals surface area (Å²) in [6, 6.07) is 0. The van der Waals surface area contributed by atoms with Crippen LogP contribution in [0.15, 0.2) is 0 Å². The molecule has 3 heteroatoms. The summed E-state index contributed by atoms with van der Waals surface area (Å²) in [5, 5.41) is 0. The highest BCUT2D eigenvalue weighted by Crippen LogP contribution is 2.28. The van der Waals surface area contributed by atoms with Gasteiger partial charge in [-0.05, 0) is 18.8 Å². The topological polar surface area (TPSA) is 50.1 Å². The highest BCUT2D eigenvalue weighted by molar-refractivity contribution is 5.63. The van der Waals surface area contributed by atoms with Crippen molar-refractivity contribution in [1.82, 2.24) is 5.73 Å². The first-order valence-electron chi connectivity index (χ1n) is 2.67. The van der Waals surface area contributed by atoms with Crippen LogP contribution in [0.5, 0.6) is 0 Å². The summed E-state index contributed by atoms with van der Waals surface area (Å²) < 4.78 is 4.39. The zero-order valence-electron chi connectivity index (χ0n) is 4.52. The van der Waals surface area contributed by atoms with Crippen LogP contribution in [0.3, 0.4) is 0 Å². The van der Waals surface area contributed by atoms with Gasteiger partial charge in [-0.2, -0.15) is 0 Å². The van der Waals surface area contributed by atoms with Gasteiger partial charge in [-0.1, -0.05) is 0 Å².